The summed E-state index contributed by atoms with van der Waals surface area (Å²) in [6, 6.07) is 17.3. The van der Waals surface area contributed by atoms with Gasteiger partial charge in [-0.25, -0.2) is 4.79 Å². The average Bonchev–Trinajstić information content (AvgIpc) is 3.13. The van der Waals surface area contributed by atoms with Gasteiger partial charge in [0.1, 0.15) is 5.75 Å². The standard InChI is InChI=1S/C21H25NO4/c1-15(8-9-16-10-12-18(23)13-11-16)22-14-19(17-6-4-3-5-7-17)26-20(22)21(24)25-2/h3-7,10-13,15,19-20,23H,8-9,14H2,1-2H3/t15?,19-,20-/m0/s1. The summed E-state index contributed by atoms with van der Waals surface area (Å²) in [5.41, 5.74) is 2.22. The summed E-state index contributed by atoms with van der Waals surface area (Å²) in [5.74, 6) is -0.0916. The third-order valence-electron chi connectivity index (χ3n) is 4.90. The summed E-state index contributed by atoms with van der Waals surface area (Å²) in [4.78, 5) is 14.3. The smallest absolute Gasteiger partial charge is 0.350 e. The van der Waals surface area contributed by atoms with Gasteiger partial charge >= 0.3 is 5.97 Å². The Bertz CT molecular complexity index is 717. The second-order valence-corrected chi connectivity index (χ2v) is 6.66. The highest BCUT2D eigenvalue weighted by Gasteiger charge is 2.41. The third-order valence-corrected chi connectivity index (χ3v) is 4.90. The van der Waals surface area contributed by atoms with Crippen molar-refractivity contribution >= 4 is 5.97 Å². The molecule has 1 aliphatic rings. The molecule has 0 amide bonds. The number of methoxy groups -OCH3 is 1. The summed E-state index contributed by atoms with van der Waals surface area (Å²) >= 11 is 0. The van der Waals surface area contributed by atoms with Gasteiger partial charge in [-0.05, 0) is 43.0 Å². The van der Waals surface area contributed by atoms with Crippen molar-refractivity contribution in [3.05, 3.63) is 65.7 Å². The van der Waals surface area contributed by atoms with Crippen LogP contribution in [-0.2, 0) is 20.7 Å². The van der Waals surface area contributed by atoms with E-state index in [2.05, 4.69) is 11.8 Å². The van der Waals surface area contributed by atoms with E-state index in [0.717, 1.165) is 24.0 Å². The molecule has 2 aromatic carbocycles. The van der Waals surface area contributed by atoms with Crippen LogP contribution in [0.5, 0.6) is 5.75 Å². The molecule has 2 aromatic rings. The molecule has 26 heavy (non-hydrogen) atoms. The summed E-state index contributed by atoms with van der Waals surface area (Å²) in [6.07, 6.45) is 0.918. The lowest BCUT2D eigenvalue weighted by molar-refractivity contribution is -0.162. The Labute approximate surface area is 154 Å². The number of hydrogen-bond acceptors (Lipinski definition) is 5. The first kappa shape index (κ1) is 18.4. The number of ether oxygens (including phenoxy) is 2. The largest absolute Gasteiger partial charge is 0.508 e. The van der Waals surface area contributed by atoms with Crippen molar-refractivity contribution in [2.24, 2.45) is 0 Å². The quantitative estimate of drug-likeness (QED) is 0.806. The fourth-order valence-electron chi connectivity index (χ4n) is 3.32. The van der Waals surface area contributed by atoms with E-state index < -0.39 is 6.23 Å². The SMILES string of the molecule is COC(=O)[C@@H]1O[C@H](c2ccccc2)CN1C(C)CCc1ccc(O)cc1. The normalized spacial score (nSPS) is 21.5. The number of carbonyl (C=O) groups is 1. The molecule has 0 bridgehead atoms. The Hall–Kier alpha value is -2.37. The number of phenolic OH excluding ortho intramolecular Hbond substituents is 1. The molecule has 3 rings (SSSR count). The summed E-state index contributed by atoms with van der Waals surface area (Å²) < 4.78 is 11.0. The molecular weight excluding hydrogens is 330 g/mol. The predicted molar refractivity (Wildman–Crippen MR) is 98.7 cm³/mol. The highest BCUT2D eigenvalue weighted by atomic mass is 16.6. The van der Waals surface area contributed by atoms with Crippen LogP contribution in [0.2, 0.25) is 0 Å². The Balaban J connectivity index is 1.68. The zero-order chi connectivity index (χ0) is 18.5. The minimum Gasteiger partial charge on any atom is -0.508 e. The van der Waals surface area contributed by atoms with Crippen LogP contribution in [-0.4, -0.2) is 41.9 Å². The second-order valence-electron chi connectivity index (χ2n) is 6.66. The number of aryl methyl sites for hydroxylation is 1. The molecule has 1 saturated heterocycles. The lowest BCUT2D eigenvalue weighted by atomic mass is 10.0. The zero-order valence-electron chi connectivity index (χ0n) is 15.2. The first-order chi connectivity index (χ1) is 12.6. The second kappa shape index (κ2) is 8.34. The molecule has 138 valence electrons. The van der Waals surface area contributed by atoms with Crippen LogP contribution in [0.25, 0.3) is 0 Å². The molecule has 0 aromatic heterocycles. The molecule has 0 radical (unpaired) electrons. The number of nitrogens with zero attached hydrogens (tertiary/aromatic N) is 1. The fourth-order valence-corrected chi connectivity index (χ4v) is 3.32. The average molecular weight is 355 g/mol. The molecular formula is C21H25NO4. The van der Waals surface area contributed by atoms with Gasteiger partial charge < -0.3 is 14.6 Å². The number of hydrogen-bond donors (Lipinski definition) is 1. The molecule has 1 unspecified atom stereocenters. The van der Waals surface area contributed by atoms with Crippen molar-refractivity contribution < 1.29 is 19.4 Å². The van der Waals surface area contributed by atoms with E-state index in [4.69, 9.17) is 9.47 Å². The molecule has 1 aliphatic heterocycles. The van der Waals surface area contributed by atoms with E-state index in [9.17, 15) is 9.90 Å². The van der Waals surface area contributed by atoms with Gasteiger partial charge in [0.25, 0.3) is 0 Å². The lowest BCUT2D eigenvalue weighted by Gasteiger charge is -2.27. The number of aromatic hydroxyl groups is 1. The Morgan fingerprint density at radius 2 is 1.92 bits per heavy atom. The molecule has 1 fully saturated rings. The van der Waals surface area contributed by atoms with Gasteiger partial charge in [0, 0.05) is 12.6 Å². The van der Waals surface area contributed by atoms with Crippen LogP contribution >= 0.6 is 0 Å². The third kappa shape index (κ3) is 4.23. The molecule has 1 heterocycles. The maximum atomic E-state index is 12.2. The number of rotatable bonds is 6. The van der Waals surface area contributed by atoms with E-state index in [0.29, 0.717) is 6.54 Å². The van der Waals surface area contributed by atoms with Crippen molar-refractivity contribution in [3.63, 3.8) is 0 Å². The van der Waals surface area contributed by atoms with Crippen molar-refractivity contribution in [1.29, 1.82) is 0 Å². The number of phenols is 1. The fraction of sp³-hybridized carbons (Fsp3) is 0.381. The van der Waals surface area contributed by atoms with Crippen molar-refractivity contribution in [3.8, 4) is 5.75 Å². The number of esters is 1. The first-order valence-corrected chi connectivity index (χ1v) is 8.90. The van der Waals surface area contributed by atoms with Crippen LogP contribution < -0.4 is 0 Å². The maximum absolute atomic E-state index is 12.2. The minimum atomic E-state index is -0.681. The summed E-state index contributed by atoms with van der Waals surface area (Å²) in [7, 11) is 1.39. The van der Waals surface area contributed by atoms with Gasteiger partial charge in [-0.3, -0.25) is 4.90 Å². The van der Waals surface area contributed by atoms with Crippen molar-refractivity contribution in [1.82, 2.24) is 4.90 Å². The summed E-state index contributed by atoms with van der Waals surface area (Å²) in [5, 5.41) is 9.39. The van der Waals surface area contributed by atoms with Gasteiger partial charge in [0.2, 0.25) is 6.23 Å². The van der Waals surface area contributed by atoms with Crippen LogP contribution in [0.4, 0.5) is 0 Å². The maximum Gasteiger partial charge on any atom is 0.350 e. The van der Waals surface area contributed by atoms with E-state index in [1.807, 2.05) is 42.5 Å². The molecule has 5 heteroatoms. The lowest BCUT2D eigenvalue weighted by Crippen LogP contribution is -2.43. The molecule has 0 aliphatic carbocycles. The minimum absolute atomic E-state index is 0.142. The Morgan fingerprint density at radius 3 is 2.58 bits per heavy atom. The van der Waals surface area contributed by atoms with E-state index >= 15 is 0 Å². The summed E-state index contributed by atoms with van der Waals surface area (Å²) in [6.45, 7) is 2.76. The molecule has 0 saturated carbocycles. The van der Waals surface area contributed by atoms with Crippen LogP contribution in [0.15, 0.2) is 54.6 Å². The van der Waals surface area contributed by atoms with E-state index in [1.165, 1.54) is 7.11 Å². The molecule has 5 nitrogen and oxygen atoms in total. The number of carbonyl (C=O) groups excluding carboxylic acids is 1. The van der Waals surface area contributed by atoms with E-state index in [1.54, 1.807) is 12.1 Å². The van der Waals surface area contributed by atoms with Gasteiger partial charge in [-0.15, -0.1) is 0 Å². The van der Waals surface area contributed by atoms with E-state index in [-0.39, 0.29) is 23.9 Å². The van der Waals surface area contributed by atoms with Gasteiger partial charge in [0.05, 0.1) is 13.2 Å². The van der Waals surface area contributed by atoms with Crippen LogP contribution in [0.1, 0.15) is 30.6 Å². The van der Waals surface area contributed by atoms with Gasteiger partial charge in [0.15, 0.2) is 0 Å². The van der Waals surface area contributed by atoms with Crippen LogP contribution in [0, 0.1) is 0 Å². The zero-order valence-corrected chi connectivity index (χ0v) is 15.2. The Morgan fingerprint density at radius 1 is 1.23 bits per heavy atom. The van der Waals surface area contributed by atoms with Gasteiger partial charge in [-0.2, -0.15) is 0 Å². The highest BCUT2D eigenvalue weighted by molar-refractivity contribution is 5.74. The molecule has 0 spiro atoms. The molecule has 3 atom stereocenters. The predicted octanol–water partition coefficient (Wildman–Crippen LogP) is 3.29. The van der Waals surface area contributed by atoms with Crippen molar-refractivity contribution in [2.75, 3.05) is 13.7 Å². The van der Waals surface area contributed by atoms with Crippen molar-refractivity contribution in [2.45, 2.75) is 38.1 Å². The monoisotopic (exact) mass is 355 g/mol. The topological polar surface area (TPSA) is 59.0 Å². The van der Waals surface area contributed by atoms with Gasteiger partial charge in [-0.1, -0.05) is 42.5 Å². The Kier molecular flexibility index (Phi) is 5.91. The first-order valence-electron chi connectivity index (χ1n) is 8.90. The van der Waals surface area contributed by atoms with Crippen LogP contribution in [0.3, 0.4) is 0 Å². The molecule has 1 N–H and O–H groups in total. The highest BCUT2D eigenvalue weighted by Crippen LogP contribution is 2.31. The number of benzene rings is 2.